The summed E-state index contributed by atoms with van der Waals surface area (Å²) in [4.78, 5) is 10.6. The van der Waals surface area contributed by atoms with Gasteiger partial charge in [0.1, 0.15) is 9.86 Å². The van der Waals surface area contributed by atoms with Crippen molar-refractivity contribution in [2.24, 2.45) is 0 Å². The number of benzene rings is 1. The molecule has 0 fully saturated rings. The molecule has 0 aliphatic rings. The third-order valence-electron chi connectivity index (χ3n) is 2.47. The second-order valence-electron chi connectivity index (χ2n) is 3.86. The zero-order valence-corrected chi connectivity index (χ0v) is 11.9. The van der Waals surface area contributed by atoms with Gasteiger partial charge in [0.15, 0.2) is 0 Å². The number of hydrogen-bond acceptors (Lipinski definition) is 4. The number of nitrogens with zero attached hydrogens (tertiary/aromatic N) is 2. The number of aryl methyl sites for hydroxylation is 1. The van der Waals surface area contributed by atoms with E-state index in [4.69, 9.17) is 11.6 Å². The van der Waals surface area contributed by atoms with E-state index in [1.165, 1.54) is 5.56 Å². The van der Waals surface area contributed by atoms with Crippen LogP contribution in [0.3, 0.4) is 0 Å². The van der Waals surface area contributed by atoms with Gasteiger partial charge in [0, 0.05) is 10.3 Å². The van der Waals surface area contributed by atoms with Crippen molar-refractivity contribution in [1.29, 1.82) is 0 Å². The highest BCUT2D eigenvalue weighted by atomic mass is 35.5. The molecule has 1 aromatic carbocycles. The Morgan fingerprint density at radius 2 is 2.11 bits per heavy atom. The van der Waals surface area contributed by atoms with Crippen LogP contribution in [0.1, 0.15) is 5.56 Å². The zero-order valence-electron chi connectivity index (χ0n) is 9.55. The summed E-state index contributed by atoms with van der Waals surface area (Å²) in [5, 5.41) is 4.29. The van der Waals surface area contributed by atoms with Crippen molar-refractivity contribution >= 4 is 44.9 Å². The summed E-state index contributed by atoms with van der Waals surface area (Å²) in [6, 6.07) is 10.4. The van der Waals surface area contributed by atoms with E-state index in [2.05, 4.69) is 35.1 Å². The summed E-state index contributed by atoms with van der Waals surface area (Å²) in [7, 11) is 0. The Hall–Kier alpha value is -1.10. The Kier molecular flexibility index (Phi) is 3.24. The fourth-order valence-corrected chi connectivity index (χ4v) is 3.79. The van der Waals surface area contributed by atoms with Crippen molar-refractivity contribution in [2.45, 2.75) is 16.8 Å². The van der Waals surface area contributed by atoms with Crippen molar-refractivity contribution in [2.75, 3.05) is 0 Å². The summed E-state index contributed by atoms with van der Waals surface area (Å²) in [6.45, 7) is 2.08. The predicted octanol–water partition coefficient (Wildman–Crippen LogP) is 4.80. The van der Waals surface area contributed by atoms with E-state index in [1.54, 1.807) is 23.1 Å². The number of hydrogen-bond donors (Lipinski definition) is 0. The summed E-state index contributed by atoms with van der Waals surface area (Å²) in [6.07, 6.45) is 0. The van der Waals surface area contributed by atoms with Gasteiger partial charge in [-0.1, -0.05) is 29.5 Å². The number of rotatable bonds is 2. The summed E-state index contributed by atoms with van der Waals surface area (Å²) < 4.78 is 0. The van der Waals surface area contributed by atoms with E-state index in [0.717, 1.165) is 20.1 Å². The molecule has 0 saturated carbocycles. The standard InChI is InChI=1S/C13H9ClN2S2/c1-8-3-2-4-9(7-8)18-12-10-5-6-17-11(10)15-13(14)16-12/h2-7H,1H3. The molecule has 2 heterocycles. The highest BCUT2D eigenvalue weighted by Gasteiger charge is 2.09. The topological polar surface area (TPSA) is 25.8 Å². The second-order valence-corrected chi connectivity index (χ2v) is 6.15. The SMILES string of the molecule is Cc1cccc(Sc2nc(Cl)nc3sccc23)c1. The summed E-state index contributed by atoms with van der Waals surface area (Å²) in [5.41, 5.74) is 1.24. The molecule has 0 N–H and O–H groups in total. The van der Waals surface area contributed by atoms with Crippen LogP contribution in [0.5, 0.6) is 0 Å². The van der Waals surface area contributed by atoms with Crippen molar-refractivity contribution in [3.63, 3.8) is 0 Å². The Labute approximate surface area is 118 Å². The monoisotopic (exact) mass is 292 g/mol. The third-order valence-corrected chi connectivity index (χ3v) is 4.44. The van der Waals surface area contributed by atoms with E-state index in [-0.39, 0.29) is 0 Å². The van der Waals surface area contributed by atoms with Crippen LogP contribution in [0.2, 0.25) is 5.28 Å². The highest BCUT2D eigenvalue weighted by molar-refractivity contribution is 7.99. The van der Waals surface area contributed by atoms with Gasteiger partial charge in [0.2, 0.25) is 5.28 Å². The average Bonchev–Trinajstić information content (AvgIpc) is 2.77. The van der Waals surface area contributed by atoms with E-state index in [1.807, 2.05) is 17.5 Å². The lowest BCUT2D eigenvalue weighted by atomic mass is 10.2. The minimum absolute atomic E-state index is 0.306. The van der Waals surface area contributed by atoms with Gasteiger partial charge in [-0.25, -0.2) is 9.97 Å². The Morgan fingerprint density at radius 3 is 2.94 bits per heavy atom. The predicted molar refractivity (Wildman–Crippen MR) is 77.7 cm³/mol. The van der Waals surface area contributed by atoms with Crippen LogP contribution in [0.25, 0.3) is 10.2 Å². The van der Waals surface area contributed by atoms with Gasteiger partial charge >= 0.3 is 0 Å². The van der Waals surface area contributed by atoms with Crippen LogP contribution in [-0.4, -0.2) is 9.97 Å². The van der Waals surface area contributed by atoms with Crippen molar-refractivity contribution in [1.82, 2.24) is 9.97 Å². The number of fused-ring (bicyclic) bond motifs is 1. The first-order chi connectivity index (χ1) is 8.72. The molecule has 5 heteroatoms. The lowest BCUT2D eigenvalue weighted by molar-refractivity contribution is 1.11. The van der Waals surface area contributed by atoms with Crippen LogP contribution >= 0.6 is 34.7 Å². The van der Waals surface area contributed by atoms with Gasteiger partial charge in [-0.3, -0.25) is 0 Å². The molecular weight excluding hydrogens is 284 g/mol. The van der Waals surface area contributed by atoms with Crippen LogP contribution < -0.4 is 0 Å². The maximum Gasteiger partial charge on any atom is 0.224 e. The van der Waals surface area contributed by atoms with Gasteiger partial charge in [-0.15, -0.1) is 11.3 Å². The number of halogens is 1. The minimum Gasteiger partial charge on any atom is -0.210 e. The quantitative estimate of drug-likeness (QED) is 0.501. The van der Waals surface area contributed by atoms with Crippen molar-refractivity contribution < 1.29 is 0 Å². The minimum atomic E-state index is 0.306. The lowest BCUT2D eigenvalue weighted by Crippen LogP contribution is -1.86. The van der Waals surface area contributed by atoms with E-state index >= 15 is 0 Å². The Bertz CT molecular complexity index is 709. The van der Waals surface area contributed by atoms with Crippen molar-refractivity contribution in [3.05, 3.63) is 46.6 Å². The third kappa shape index (κ3) is 2.36. The molecule has 3 aromatic rings. The zero-order chi connectivity index (χ0) is 12.5. The van der Waals surface area contributed by atoms with Gasteiger partial charge in [0.05, 0.1) is 0 Å². The Balaban J connectivity index is 2.06. The summed E-state index contributed by atoms with van der Waals surface area (Å²) in [5.74, 6) is 0. The molecule has 0 bridgehead atoms. The van der Waals surface area contributed by atoms with Gasteiger partial charge in [-0.05, 0) is 42.1 Å². The molecule has 0 unspecified atom stereocenters. The van der Waals surface area contributed by atoms with Crippen LogP contribution in [0.4, 0.5) is 0 Å². The average molecular weight is 293 g/mol. The Morgan fingerprint density at radius 1 is 1.22 bits per heavy atom. The molecule has 0 saturated heterocycles. The van der Waals surface area contributed by atoms with E-state index in [9.17, 15) is 0 Å². The van der Waals surface area contributed by atoms with E-state index in [0.29, 0.717) is 5.28 Å². The van der Waals surface area contributed by atoms with Crippen LogP contribution in [-0.2, 0) is 0 Å². The fraction of sp³-hybridized carbons (Fsp3) is 0.0769. The molecule has 18 heavy (non-hydrogen) atoms. The number of aromatic nitrogens is 2. The molecular formula is C13H9ClN2S2. The summed E-state index contributed by atoms with van der Waals surface area (Å²) >= 11 is 9.15. The molecule has 90 valence electrons. The smallest absolute Gasteiger partial charge is 0.210 e. The molecule has 2 nitrogen and oxygen atoms in total. The largest absolute Gasteiger partial charge is 0.224 e. The second kappa shape index (κ2) is 4.88. The molecule has 3 rings (SSSR count). The molecule has 0 aliphatic carbocycles. The first-order valence-corrected chi connectivity index (χ1v) is 7.45. The maximum absolute atomic E-state index is 5.95. The maximum atomic E-state index is 5.95. The van der Waals surface area contributed by atoms with Crippen LogP contribution in [0.15, 0.2) is 45.6 Å². The molecule has 0 aliphatic heterocycles. The highest BCUT2D eigenvalue weighted by Crippen LogP contribution is 2.34. The normalized spacial score (nSPS) is 11.0. The van der Waals surface area contributed by atoms with Gasteiger partial charge in [0.25, 0.3) is 0 Å². The lowest BCUT2D eigenvalue weighted by Gasteiger charge is -2.03. The molecule has 2 aromatic heterocycles. The van der Waals surface area contributed by atoms with Gasteiger partial charge < -0.3 is 0 Å². The fourth-order valence-electron chi connectivity index (χ4n) is 1.67. The number of thiophene rings is 1. The van der Waals surface area contributed by atoms with Crippen molar-refractivity contribution in [3.8, 4) is 0 Å². The molecule has 0 spiro atoms. The molecule has 0 amide bonds. The van der Waals surface area contributed by atoms with Gasteiger partial charge in [-0.2, -0.15) is 0 Å². The first kappa shape index (κ1) is 12.0. The van der Waals surface area contributed by atoms with E-state index < -0.39 is 0 Å². The first-order valence-electron chi connectivity index (χ1n) is 5.37. The molecule has 0 radical (unpaired) electrons. The molecule has 0 atom stereocenters. The van der Waals surface area contributed by atoms with Crippen LogP contribution in [0, 0.1) is 6.92 Å².